The molecule has 2 aromatic carbocycles. The molecule has 1 amide bonds. The van der Waals surface area contributed by atoms with Crippen LogP contribution in [-0.4, -0.2) is 96.3 Å². The lowest BCUT2D eigenvalue weighted by Crippen LogP contribution is -2.50. The second-order valence-electron chi connectivity index (χ2n) is 13.0. The van der Waals surface area contributed by atoms with Gasteiger partial charge in [0, 0.05) is 81.8 Å². The van der Waals surface area contributed by atoms with Gasteiger partial charge in [0.15, 0.2) is 0 Å². The van der Waals surface area contributed by atoms with Gasteiger partial charge in [0.25, 0.3) is 5.92 Å². The number of halogens is 3. The Morgan fingerprint density at radius 1 is 0.956 bits per heavy atom. The molecule has 3 aliphatic heterocycles. The number of piperazine rings is 1. The molecule has 1 aromatic heterocycles. The molecule has 3 aliphatic rings. The topological polar surface area (TPSA) is 74.3 Å². The van der Waals surface area contributed by atoms with E-state index in [4.69, 9.17) is 31.0 Å². The monoisotopic (exact) mass is 642 g/mol. The molecule has 0 atom stereocenters. The third-order valence-electron chi connectivity index (χ3n) is 8.65. The average Bonchev–Trinajstić information content (AvgIpc) is 3.00. The molecule has 242 valence electrons. The van der Waals surface area contributed by atoms with Crippen molar-refractivity contribution in [1.29, 1.82) is 0 Å². The van der Waals surface area contributed by atoms with Crippen molar-refractivity contribution in [1.82, 2.24) is 19.8 Å². The highest BCUT2D eigenvalue weighted by Crippen LogP contribution is 2.37. The predicted octanol–water partition coefficient (Wildman–Crippen LogP) is 6.01. The van der Waals surface area contributed by atoms with Gasteiger partial charge in [0.05, 0.1) is 17.3 Å². The molecule has 0 aliphatic carbocycles. The number of hydrogen-bond acceptors (Lipinski definition) is 8. The summed E-state index contributed by atoms with van der Waals surface area (Å²) in [5, 5.41) is 2.80. The maximum absolute atomic E-state index is 13.6. The number of rotatable bonds is 6. The number of fused-ring (bicyclic) bond motifs is 2. The Morgan fingerprint density at radius 2 is 1.67 bits per heavy atom. The van der Waals surface area contributed by atoms with E-state index in [0.29, 0.717) is 64.0 Å². The van der Waals surface area contributed by atoms with Crippen LogP contribution in [0.15, 0.2) is 36.4 Å². The summed E-state index contributed by atoms with van der Waals surface area (Å²) in [4.78, 5) is 30.7. The highest BCUT2D eigenvalue weighted by Gasteiger charge is 2.34. The molecule has 6 rings (SSSR count). The second kappa shape index (κ2) is 12.7. The summed E-state index contributed by atoms with van der Waals surface area (Å²) in [6.45, 7) is 10.7. The third kappa shape index (κ3) is 7.35. The number of carbonyl (C=O) groups excluding carboxylic acids is 1. The van der Waals surface area contributed by atoms with Gasteiger partial charge in [0.2, 0.25) is 0 Å². The van der Waals surface area contributed by atoms with Gasteiger partial charge in [0.1, 0.15) is 18.0 Å². The number of amides is 1. The molecule has 12 heteroatoms. The summed E-state index contributed by atoms with van der Waals surface area (Å²) in [6, 6.07) is 12.4. The van der Waals surface area contributed by atoms with Gasteiger partial charge in [-0.15, -0.1) is 0 Å². The first-order chi connectivity index (χ1) is 21.5. The number of aromatic nitrogens is 2. The molecule has 2 fully saturated rings. The van der Waals surface area contributed by atoms with E-state index in [1.165, 1.54) is 0 Å². The smallest absolute Gasteiger partial charge is 0.410 e. The Kier molecular flexibility index (Phi) is 8.94. The normalized spacial score (nSPS) is 19.0. The largest absolute Gasteiger partial charge is 0.462 e. The van der Waals surface area contributed by atoms with Gasteiger partial charge in [-0.25, -0.2) is 13.6 Å². The zero-order valence-corrected chi connectivity index (χ0v) is 27.0. The molecule has 0 radical (unpaired) electrons. The molecule has 2 saturated heterocycles. The van der Waals surface area contributed by atoms with Crippen molar-refractivity contribution in [2.45, 2.75) is 58.1 Å². The van der Waals surface area contributed by atoms with Gasteiger partial charge in [-0.1, -0.05) is 35.9 Å². The number of alkyl halides is 2. The van der Waals surface area contributed by atoms with Crippen LogP contribution in [0.5, 0.6) is 6.01 Å². The molecule has 0 unspecified atom stereocenters. The number of likely N-dealkylation sites (tertiary alicyclic amines) is 1. The summed E-state index contributed by atoms with van der Waals surface area (Å²) in [5.74, 6) is -1.76. The Bertz CT molecular complexity index is 1530. The SMILES string of the molecule is CC(C)(C)OC(=O)N1CCN(c2nc(OCCN3CCC(F)(F)CC3)nc3c2CCN(c2cccc4cccc(Cl)c24)C3)CC1. The van der Waals surface area contributed by atoms with Crippen LogP contribution in [0.4, 0.5) is 25.1 Å². The first-order valence-electron chi connectivity index (χ1n) is 15.7. The minimum absolute atomic E-state index is 0.129. The van der Waals surface area contributed by atoms with Gasteiger partial charge >= 0.3 is 12.1 Å². The van der Waals surface area contributed by atoms with E-state index in [2.05, 4.69) is 28.0 Å². The van der Waals surface area contributed by atoms with E-state index in [0.717, 1.165) is 46.5 Å². The quantitative estimate of drug-likeness (QED) is 0.324. The minimum Gasteiger partial charge on any atom is -0.462 e. The number of ether oxygens (including phenoxy) is 2. The lowest BCUT2D eigenvalue weighted by molar-refractivity contribution is -0.0565. The number of carbonyl (C=O) groups is 1. The van der Waals surface area contributed by atoms with Crippen LogP contribution in [0.2, 0.25) is 5.02 Å². The number of piperidine rings is 1. The van der Waals surface area contributed by atoms with Crippen LogP contribution in [-0.2, 0) is 17.7 Å². The molecule has 0 N–H and O–H groups in total. The molecular formula is C33H41ClF2N6O3. The average molecular weight is 643 g/mol. The molecule has 0 bridgehead atoms. The summed E-state index contributed by atoms with van der Waals surface area (Å²) < 4.78 is 38.9. The summed E-state index contributed by atoms with van der Waals surface area (Å²) in [6.07, 6.45) is 0.168. The molecule has 45 heavy (non-hydrogen) atoms. The number of anilines is 2. The maximum Gasteiger partial charge on any atom is 0.410 e. The van der Waals surface area contributed by atoms with Crippen LogP contribution < -0.4 is 14.5 Å². The fourth-order valence-corrected chi connectivity index (χ4v) is 6.54. The van der Waals surface area contributed by atoms with Crippen LogP contribution in [0.3, 0.4) is 0 Å². The Hall–Kier alpha value is -3.44. The van der Waals surface area contributed by atoms with Crippen molar-refractivity contribution in [3.05, 3.63) is 52.7 Å². The van der Waals surface area contributed by atoms with Gasteiger partial charge in [-0.2, -0.15) is 9.97 Å². The van der Waals surface area contributed by atoms with Gasteiger partial charge in [-0.3, -0.25) is 4.90 Å². The van der Waals surface area contributed by atoms with E-state index in [-0.39, 0.29) is 24.9 Å². The lowest BCUT2D eigenvalue weighted by atomic mass is 10.0. The third-order valence-corrected chi connectivity index (χ3v) is 8.97. The highest BCUT2D eigenvalue weighted by molar-refractivity contribution is 6.36. The number of hydrogen-bond donors (Lipinski definition) is 0. The van der Waals surface area contributed by atoms with Crippen molar-refractivity contribution in [2.24, 2.45) is 0 Å². The first-order valence-corrected chi connectivity index (χ1v) is 16.1. The van der Waals surface area contributed by atoms with E-state index < -0.39 is 11.5 Å². The molecule has 9 nitrogen and oxygen atoms in total. The van der Waals surface area contributed by atoms with E-state index in [9.17, 15) is 13.6 Å². The summed E-state index contributed by atoms with van der Waals surface area (Å²) in [7, 11) is 0. The van der Waals surface area contributed by atoms with E-state index in [1.807, 2.05) is 43.9 Å². The highest BCUT2D eigenvalue weighted by atomic mass is 35.5. The fraction of sp³-hybridized carbons (Fsp3) is 0.545. The predicted molar refractivity (Wildman–Crippen MR) is 172 cm³/mol. The van der Waals surface area contributed by atoms with Crippen LogP contribution in [0.1, 0.15) is 44.9 Å². The second-order valence-corrected chi connectivity index (χ2v) is 13.4. The number of nitrogens with zero attached hydrogens (tertiary/aromatic N) is 6. The van der Waals surface area contributed by atoms with Crippen molar-refractivity contribution >= 4 is 40.0 Å². The zero-order chi connectivity index (χ0) is 31.8. The van der Waals surface area contributed by atoms with Crippen molar-refractivity contribution < 1.29 is 23.0 Å². The fourth-order valence-electron chi connectivity index (χ4n) is 6.26. The van der Waals surface area contributed by atoms with Crippen molar-refractivity contribution in [2.75, 3.05) is 68.8 Å². The summed E-state index contributed by atoms with van der Waals surface area (Å²) in [5.41, 5.74) is 2.47. The Balaban J connectivity index is 1.23. The van der Waals surface area contributed by atoms with Gasteiger partial charge in [-0.05, 0) is 44.7 Å². The van der Waals surface area contributed by atoms with Crippen molar-refractivity contribution in [3.8, 4) is 6.01 Å². The number of benzene rings is 2. The van der Waals surface area contributed by atoms with Crippen molar-refractivity contribution in [3.63, 3.8) is 0 Å². The zero-order valence-electron chi connectivity index (χ0n) is 26.2. The molecule has 0 spiro atoms. The minimum atomic E-state index is -2.58. The first kappa shape index (κ1) is 31.5. The Labute approximate surface area is 268 Å². The van der Waals surface area contributed by atoms with Gasteiger partial charge < -0.3 is 24.2 Å². The molecular weight excluding hydrogens is 602 g/mol. The van der Waals surface area contributed by atoms with E-state index in [1.54, 1.807) is 4.90 Å². The molecule has 3 aromatic rings. The Morgan fingerprint density at radius 3 is 2.38 bits per heavy atom. The maximum atomic E-state index is 13.6. The van der Waals surface area contributed by atoms with Crippen LogP contribution in [0.25, 0.3) is 10.8 Å². The van der Waals surface area contributed by atoms with Crippen LogP contribution in [0, 0.1) is 0 Å². The summed E-state index contributed by atoms with van der Waals surface area (Å²) >= 11 is 6.68. The molecule has 4 heterocycles. The molecule has 0 saturated carbocycles. The van der Waals surface area contributed by atoms with E-state index >= 15 is 0 Å². The van der Waals surface area contributed by atoms with Crippen LogP contribution >= 0.6 is 11.6 Å². The lowest BCUT2D eigenvalue weighted by Gasteiger charge is -2.38. The standard InChI is InChI=1S/C33H41ClF2N6O3/c1-32(2,3)45-31(43)41-18-16-40(17-19-41)29-24-10-13-42(27-9-5-7-23-6-4-8-25(34)28(23)27)22-26(24)37-30(38-29)44-21-20-39-14-11-33(35,36)12-15-39/h4-9H,10-22H2,1-3H3.